The van der Waals surface area contributed by atoms with E-state index in [-0.39, 0.29) is 5.41 Å². The molecule has 3 N–H and O–H groups in total. The summed E-state index contributed by atoms with van der Waals surface area (Å²) in [7, 11) is 0. The molecule has 0 saturated heterocycles. The number of hydrogen-bond donors (Lipinski definition) is 3. The fraction of sp³-hybridized carbons (Fsp3) is 0.429. The van der Waals surface area contributed by atoms with Gasteiger partial charge in [0.1, 0.15) is 0 Å². The van der Waals surface area contributed by atoms with Crippen LogP contribution < -0.4 is 10.6 Å². The lowest BCUT2D eigenvalue weighted by Gasteiger charge is -2.16. The molecule has 1 unspecified atom stereocenters. The highest BCUT2D eigenvalue weighted by molar-refractivity contribution is 5.83. The smallest absolute Gasteiger partial charge is 0.330 e. The Labute approximate surface area is 112 Å². The van der Waals surface area contributed by atoms with Gasteiger partial charge in [-0.3, -0.25) is 0 Å². The van der Waals surface area contributed by atoms with E-state index < -0.39 is 18.0 Å². The Balaban J connectivity index is 1.93. The monoisotopic (exact) mass is 262 g/mol. The van der Waals surface area contributed by atoms with Gasteiger partial charge in [-0.1, -0.05) is 37.3 Å². The van der Waals surface area contributed by atoms with Gasteiger partial charge in [0.15, 0.2) is 6.04 Å². The third-order valence-electron chi connectivity index (χ3n) is 3.43. The minimum absolute atomic E-state index is 0.197. The van der Waals surface area contributed by atoms with Crippen molar-refractivity contribution in [3.63, 3.8) is 0 Å². The summed E-state index contributed by atoms with van der Waals surface area (Å²) in [4.78, 5) is 22.9. The minimum atomic E-state index is -1.07. The van der Waals surface area contributed by atoms with Gasteiger partial charge in [-0.25, -0.2) is 9.59 Å². The summed E-state index contributed by atoms with van der Waals surface area (Å²) in [5.41, 5.74) is 0.755. The Morgan fingerprint density at radius 2 is 1.95 bits per heavy atom. The van der Waals surface area contributed by atoms with Gasteiger partial charge in [0, 0.05) is 6.54 Å². The normalized spacial score (nSPS) is 17.3. The maximum Gasteiger partial charge on any atom is 0.330 e. The first-order chi connectivity index (χ1) is 9.00. The zero-order chi connectivity index (χ0) is 13.9. The minimum Gasteiger partial charge on any atom is -0.479 e. The summed E-state index contributed by atoms with van der Waals surface area (Å²) in [6, 6.07) is 7.20. The van der Waals surface area contributed by atoms with Gasteiger partial charge in [-0.05, 0) is 23.8 Å². The molecule has 2 amide bonds. The highest BCUT2D eigenvalue weighted by atomic mass is 16.4. The van der Waals surface area contributed by atoms with Crippen LogP contribution in [0.1, 0.15) is 31.4 Å². The number of carbonyl (C=O) groups excluding carboxylic acids is 1. The summed E-state index contributed by atoms with van der Waals surface area (Å²) >= 11 is 0. The molecule has 2 rings (SSSR count). The van der Waals surface area contributed by atoms with Crippen LogP contribution in [0.4, 0.5) is 4.79 Å². The average molecular weight is 262 g/mol. The lowest BCUT2D eigenvalue weighted by molar-refractivity contribution is -0.139. The Morgan fingerprint density at radius 1 is 1.32 bits per heavy atom. The van der Waals surface area contributed by atoms with Crippen LogP contribution in [0.2, 0.25) is 0 Å². The molecular weight excluding hydrogens is 244 g/mol. The van der Waals surface area contributed by atoms with Crippen molar-refractivity contribution in [2.24, 2.45) is 5.41 Å². The number of aliphatic carboxylic acids is 1. The van der Waals surface area contributed by atoms with Crippen molar-refractivity contribution in [1.29, 1.82) is 0 Å². The number of benzene rings is 1. The van der Waals surface area contributed by atoms with Crippen LogP contribution >= 0.6 is 0 Å². The van der Waals surface area contributed by atoms with E-state index in [2.05, 4.69) is 17.6 Å². The number of amides is 2. The summed E-state index contributed by atoms with van der Waals surface area (Å²) in [6.45, 7) is 2.68. The molecule has 19 heavy (non-hydrogen) atoms. The Morgan fingerprint density at radius 3 is 2.47 bits per heavy atom. The predicted molar refractivity (Wildman–Crippen MR) is 70.7 cm³/mol. The molecule has 0 aliphatic heterocycles. The van der Waals surface area contributed by atoms with Gasteiger partial charge < -0.3 is 15.7 Å². The maximum absolute atomic E-state index is 11.7. The molecule has 1 aliphatic rings. The van der Waals surface area contributed by atoms with E-state index in [1.807, 2.05) is 0 Å². The van der Waals surface area contributed by atoms with E-state index in [9.17, 15) is 14.7 Å². The molecule has 5 heteroatoms. The van der Waals surface area contributed by atoms with Crippen molar-refractivity contribution in [3.8, 4) is 0 Å². The van der Waals surface area contributed by atoms with Crippen LogP contribution in [-0.2, 0) is 4.79 Å². The first kappa shape index (κ1) is 13.4. The van der Waals surface area contributed by atoms with Gasteiger partial charge in [0.25, 0.3) is 0 Å². The van der Waals surface area contributed by atoms with Gasteiger partial charge in [-0.2, -0.15) is 0 Å². The molecule has 1 aliphatic carbocycles. The molecule has 1 aromatic carbocycles. The molecule has 0 heterocycles. The average Bonchev–Trinajstić information content (AvgIpc) is 3.13. The summed E-state index contributed by atoms with van der Waals surface area (Å²) in [5, 5.41) is 14.4. The SMILES string of the molecule is CC1(CNC(=O)NC(C(=O)O)c2ccccc2)CC1. The third kappa shape index (κ3) is 3.71. The molecule has 0 radical (unpaired) electrons. The number of rotatable bonds is 5. The lowest BCUT2D eigenvalue weighted by Crippen LogP contribution is -2.42. The maximum atomic E-state index is 11.7. The second-order valence-corrected chi connectivity index (χ2v) is 5.32. The number of carboxylic acids is 1. The molecule has 0 spiro atoms. The third-order valence-corrected chi connectivity index (χ3v) is 3.43. The molecule has 0 aromatic heterocycles. The topological polar surface area (TPSA) is 78.4 Å². The fourth-order valence-corrected chi connectivity index (χ4v) is 1.80. The second kappa shape index (κ2) is 5.30. The first-order valence-electron chi connectivity index (χ1n) is 6.32. The zero-order valence-corrected chi connectivity index (χ0v) is 10.8. The number of urea groups is 1. The highest BCUT2D eigenvalue weighted by Crippen LogP contribution is 2.43. The van der Waals surface area contributed by atoms with Crippen LogP contribution in [0, 0.1) is 5.41 Å². The van der Waals surface area contributed by atoms with Gasteiger partial charge in [-0.15, -0.1) is 0 Å². The predicted octanol–water partition coefficient (Wildman–Crippen LogP) is 1.91. The molecule has 1 saturated carbocycles. The van der Waals surface area contributed by atoms with Gasteiger partial charge in [0.2, 0.25) is 0 Å². The summed E-state index contributed by atoms with van der Waals surface area (Å²) in [5.74, 6) is -1.07. The number of carboxylic acid groups (broad SMARTS) is 1. The number of nitrogens with one attached hydrogen (secondary N) is 2. The van der Waals surface area contributed by atoms with E-state index >= 15 is 0 Å². The zero-order valence-electron chi connectivity index (χ0n) is 10.8. The van der Waals surface area contributed by atoms with Crippen molar-refractivity contribution in [2.75, 3.05) is 6.54 Å². The molecule has 1 atom stereocenters. The van der Waals surface area contributed by atoms with Crippen molar-refractivity contribution < 1.29 is 14.7 Å². The number of hydrogen-bond acceptors (Lipinski definition) is 2. The van der Waals surface area contributed by atoms with Crippen molar-refractivity contribution in [2.45, 2.75) is 25.8 Å². The van der Waals surface area contributed by atoms with Crippen LogP contribution in [-0.4, -0.2) is 23.7 Å². The first-order valence-corrected chi connectivity index (χ1v) is 6.32. The van der Waals surface area contributed by atoms with E-state index in [4.69, 9.17) is 0 Å². The lowest BCUT2D eigenvalue weighted by atomic mass is 10.1. The van der Waals surface area contributed by atoms with E-state index in [1.54, 1.807) is 30.3 Å². The Bertz CT molecular complexity index is 469. The largest absolute Gasteiger partial charge is 0.479 e. The van der Waals surface area contributed by atoms with Crippen molar-refractivity contribution in [3.05, 3.63) is 35.9 Å². The van der Waals surface area contributed by atoms with Crippen molar-refractivity contribution >= 4 is 12.0 Å². The Hall–Kier alpha value is -2.04. The van der Waals surface area contributed by atoms with Gasteiger partial charge >= 0.3 is 12.0 Å². The molecule has 1 aromatic rings. The number of carbonyl (C=O) groups is 2. The van der Waals surface area contributed by atoms with Crippen LogP contribution in [0.15, 0.2) is 30.3 Å². The standard InChI is InChI=1S/C14H18N2O3/c1-14(7-8-14)9-15-13(19)16-11(12(17)18)10-5-3-2-4-6-10/h2-6,11H,7-9H2,1H3,(H,17,18)(H2,15,16,19). The van der Waals surface area contributed by atoms with Crippen LogP contribution in [0.5, 0.6) is 0 Å². The Kier molecular flexibility index (Phi) is 3.74. The molecule has 5 nitrogen and oxygen atoms in total. The van der Waals surface area contributed by atoms with Gasteiger partial charge in [0.05, 0.1) is 0 Å². The quantitative estimate of drug-likeness (QED) is 0.758. The van der Waals surface area contributed by atoms with E-state index in [0.29, 0.717) is 12.1 Å². The van der Waals surface area contributed by atoms with Crippen LogP contribution in [0.3, 0.4) is 0 Å². The molecule has 102 valence electrons. The van der Waals surface area contributed by atoms with Crippen molar-refractivity contribution in [1.82, 2.24) is 10.6 Å². The molecular formula is C14H18N2O3. The van der Waals surface area contributed by atoms with Crippen LogP contribution in [0.25, 0.3) is 0 Å². The molecule has 0 bridgehead atoms. The van der Waals surface area contributed by atoms with E-state index in [0.717, 1.165) is 12.8 Å². The fourth-order valence-electron chi connectivity index (χ4n) is 1.80. The second-order valence-electron chi connectivity index (χ2n) is 5.32. The summed E-state index contributed by atoms with van der Waals surface area (Å²) in [6.07, 6.45) is 2.21. The van der Waals surface area contributed by atoms with E-state index in [1.165, 1.54) is 0 Å². The highest BCUT2D eigenvalue weighted by Gasteiger charge is 2.37. The molecule has 1 fully saturated rings. The summed E-state index contributed by atoms with van der Waals surface area (Å²) < 4.78 is 0.